The molecular weight excluding hydrogens is 476 g/mol. The van der Waals surface area contributed by atoms with Crippen LogP contribution < -0.4 is 16.4 Å². The lowest BCUT2D eigenvalue weighted by molar-refractivity contribution is -0.137. The summed E-state index contributed by atoms with van der Waals surface area (Å²) in [7, 11) is 0. The molecule has 2 heterocycles. The zero-order chi connectivity index (χ0) is 25.4. The molecule has 1 saturated carbocycles. The summed E-state index contributed by atoms with van der Waals surface area (Å²) in [6, 6.07) is 8.11. The molecule has 0 radical (unpaired) electrons. The highest BCUT2D eigenvalue weighted by atomic mass is 19.4. The molecule has 0 unspecified atom stereocenters. The number of nitrogens with two attached hydrogens (primary N) is 1. The topological polar surface area (TPSA) is 97.9 Å². The number of halogens is 4. The van der Waals surface area contributed by atoms with Gasteiger partial charge in [-0.15, -0.1) is 0 Å². The van der Waals surface area contributed by atoms with E-state index in [2.05, 4.69) is 25.2 Å². The van der Waals surface area contributed by atoms with Crippen molar-refractivity contribution in [1.29, 1.82) is 0 Å². The second-order valence-electron chi connectivity index (χ2n) is 8.69. The maximum atomic E-state index is 13.9. The van der Waals surface area contributed by atoms with Crippen molar-refractivity contribution in [2.24, 2.45) is 0 Å². The predicted octanol–water partition coefficient (Wildman–Crippen LogP) is 6.60. The monoisotopic (exact) mass is 498 g/mol. The number of amides is 2. The minimum Gasteiger partial charge on any atom is -0.383 e. The average Bonchev–Trinajstić information content (AvgIpc) is 3.49. The summed E-state index contributed by atoms with van der Waals surface area (Å²) in [4.78, 5) is 20.9. The van der Waals surface area contributed by atoms with Gasteiger partial charge < -0.3 is 20.9 Å². The standard InChI is InChI=1S/C25H22F4N6O/c26-19-10-7-15(25(27,28)29)11-20(19)34-24(36)33-16-8-5-14(6-9-16)18-12-35(17-3-1-2-4-17)23-21(18)22(30)31-13-32-23/h5-13,17H,1-4H2,(H2,30,31,32)(H2,33,34,36). The summed E-state index contributed by atoms with van der Waals surface area (Å²) in [6.07, 6.45) is 3.27. The molecule has 0 saturated heterocycles. The maximum Gasteiger partial charge on any atom is 0.416 e. The molecule has 36 heavy (non-hydrogen) atoms. The smallest absolute Gasteiger partial charge is 0.383 e. The van der Waals surface area contributed by atoms with E-state index in [1.807, 2.05) is 6.20 Å². The number of rotatable bonds is 4. The second kappa shape index (κ2) is 9.14. The number of nitrogens with zero attached hydrogens (tertiary/aromatic N) is 3. The Morgan fingerprint density at radius 1 is 1.03 bits per heavy atom. The number of urea groups is 1. The number of carbonyl (C=O) groups is 1. The second-order valence-corrected chi connectivity index (χ2v) is 8.69. The molecule has 2 aromatic carbocycles. The van der Waals surface area contributed by atoms with Gasteiger partial charge in [-0.1, -0.05) is 25.0 Å². The van der Waals surface area contributed by atoms with Crippen molar-refractivity contribution in [2.75, 3.05) is 16.4 Å². The van der Waals surface area contributed by atoms with Crippen LogP contribution in [0.1, 0.15) is 37.3 Å². The molecule has 7 nitrogen and oxygen atoms in total. The van der Waals surface area contributed by atoms with Crippen LogP contribution in [0.3, 0.4) is 0 Å². The molecule has 1 aliphatic carbocycles. The quantitative estimate of drug-likeness (QED) is 0.276. The summed E-state index contributed by atoms with van der Waals surface area (Å²) >= 11 is 0. The highest BCUT2D eigenvalue weighted by Gasteiger charge is 2.31. The number of carbonyl (C=O) groups excluding carboxylic acids is 1. The normalized spacial score (nSPS) is 14.3. The first-order valence-corrected chi connectivity index (χ1v) is 11.4. The van der Waals surface area contributed by atoms with Gasteiger partial charge in [-0.25, -0.2) is 19.2 Å². The van der Waals surface area contributed by atoms with Crippen LogP contribution in [-0.2, 0) is 6.18 Å². The fourth-order valence-electron chi connectivity index (χ4n) is 4.60. The zero-order valence-corrected chi connectivity index (χ0v) is 18.9. The van der Waals surface area contributed by atoms with Crippen LogP contribution in [0.2, 0.25) is 0 Å². The average molecular weight is 498 g/mol. The van der Waals surface area contributed by atoms with Gasteiger partial charge in [-0.2, -0.15) is 13.2 Å². The molecule has 5 rings (SSSR count). The molecule has 0 spiro atoms. The molecule has 4 N–H and O–H groups in total. The minimum atomic E-state index is -4.66. The number of nitrogen functional groups attached to an aromatic ring is 1. The molecule has 2 amide bonds. The molecule has 0 aliphatic heterocycles. The molecule has 1 aliphatic rings. The van der Waals surface area contributed by atoms with Crippen LogP contribution >= 0.6 is 0 Å². The van der Waals surface area contributed by atoms with E-state index in [-0.39, 0.29) is 0 Å². The van der Waals surface area contributed by atoms with E-state index in [4.69, 9.17) is 5.73 Å². The van der Waals surface area contributed by atoms with E-state index >= 15 is 0 Å². The number of hydrogen-bond donors (Lipinski definition) is 3. The Kier molecular flexibility index (Phi) is 5.99. The van der Waals surface area contributed by atoms with Crippen molar-refractivity contribution in [1.82, 2.24) is 14.5 Å². The summed E-state index contributed by atoms with van der Waals surface area (Å²) in [5.41, 5.74) is 7.38. The van der Waals surface area contributed by atoms with Crippen LogP contribution in [-0.4, -0.2) is 20.6 Å². The Morgan fingerprint density at radius 2 is 1.75 bits per heavy atom. The van der Waals surface area contributed by atoms with Gasteiger partial charge in [0.05, 0.1) is 16.6 Å². The Labute approximate surface area is 203 Å². The molecule has 2 aromatic heterocycles. The molecule has 11 heteroatoms. The number of hydrogen-bond acceptors (Lipinski definition) is 4. The van der Waals surface area contributed by atoms with Crippen LogP contribution in [0.4, 0.5) is 39.5 Å². The highest BCUT2D eigenvalue weighted by Crippen LogP contribution is 2.39. The van der Waals surface area contributed by atoms with Gasteiger partial charge in [0, 0.05) is 23.5 Å². The van der Waals surface area contributed by atoms with Crippen molar-refractivity contribution in [2.45, 2.75) is 37.9 Å². The fraction of sp³-hybridized carbons (Fsp3) is 0.240. The zero-order valence-electron chi connectivity index (χ0n) is 18.9. The van der Waals surface area contributed by atoms with E-state index in [0.29, 0.717) is 35.7 Å². The maximum absolute atomic E-state index is 13.9. The van der Waals surface area contributed by atoms with Gasteiger partial charge in [0.15, 0.2) is 0 Å². The van der Waals surface area contributed by atoms with Crippen molar-refractivity contribution in [3.05, 3.63) is 66.4 Å². The largest absolute Gasteiger partial charge is 0.416 e. The summed E-state index contributed by atoms with van der Waals surface area (Å²) in [5.74, 6) is -0.608. The predicted molar refractivity (Wildman–Crippen MR) is 129 cm³/mol. The fourth-order valence-corrected chi connectivity index (χ4v) is 4.60. The number of aromatic nitrogens is 3. The molecule has 0 atom stereocenters. The first kappa shape index (κ1) is 23.6. The first-order chi connectivity index (χ1) is 17.2. The number of fused-ring (bicyclic) bond motifs is 1. The van der Waals surface area contributed by atoms with Crippen LogP contribution in [0.15, 0.2) is 55.0 Å². The van der Waals surface area contributed by atoms with Crippen LogP contribution in [0.5, 0.6) is 0 Å². The van der Waals surface area contributed by atoms with Crippen molar-refractivity contribution in [3.63, 3.8) is 0 Å². The minimum absolute atomic E-state index is 0.344. The van der Waals surface area contributed by atoms with Gasteiger partial charge in [0.1, 0.15) is 23.6 Å². The summed E-state index contributed by atoms with van der Waals surface area (Å²) in [5, 5.41) is 5.38. The summed E-state index contributed by atoms with van der Waals surface area (Å²) < 4.78 is 54.8. The molecule has 4 aromatic rings. The lowest BCUT2D eigenvalue weighted by Gasteiger charge is -2.12. The Bertz CT molecular complexity index is 1430. The van der Waals surface area contributed by atoms with E-state index in [1.165, 1.54) is 6.33 Å². The molecule has 0 bridgehead atoms. The third kappa shape index (κ3) is 4.56. The van der Waals surface area contributed by atoms with E-state index in [9.17, 15) is 22.4 Å². The Hall–Kier alpha value is -4.15. The Balaban J connectivity index is 1.37. The number of anilines is 3. The van der Waals surface area contributed by atoms with Crippen LogP contribution in [0.25, 0.3) is 22.2 Å². The van der Waals surface area contributed by atoms with E-state index in [0.717, 1.165) is 47.8 Å². The van der Waals surface area contributed by atoms with Crippen molar-refractivity contribution >= 4 is 34.3 Å². The number of alkyl halides is 3. The van der Waals surface area contributed by atoms with Crippen LogP contribution in [0, 0.1) is 5.82 Å². The number of nitrogens with one attached hydrogen (secondary N) is 2. The van der Waals surface area contributed by atoms with Gasteiger partial charge in [0.25, 0.3) is 0 Å². The SMILES string of the molecule is Nc1ncnc2c1c(-c1ccc(NC(=O)Nc3cc(C(F)(F)F)ccc3F)cc1)cn2C1CCCC1. The molecule has 1 fully saturated rings. The third-order valence-corrected chi connectivity index (χ3v) is 6.35. The summed E-state index contributed by atoms with van der Waals surface area (Å²) in [6.45, 7) is 0. The highest BCUT2D eigenvalue weighted by molar-refractivity contribution is 6.02. The molecular formula is C25H22F4N6O. The van der Waals surface area contributed by atoms with Gasteiger partial charge in [-0.05, 0) is 48.7 Å². The Morgan fingerprint density at radius 3 is 2.44 bits per heavy atom. The number of benzene rings is 2. The van der Waals surface area contributed by atoms with Crippen molar-refractivity contribution < 1.29 is 22.4 Å². The van der Waals surface area contributed by atoms with Gasteiger partial charge in [0.2, 0.25) is 0 Å². The molecule has 186 valence electrons. The lowest BCUT2D eigenvalue weighted by atomic mass is 10.1. The van der Waals surface area contributed by atoms with Gasteiger partial charge >= 0.3 is 12.2 Å². The third-order valence-electron chi connectivity index (χ3n) is 6.35. The lowest BCUT2D eigenvalue weighted by Crippen LogP contribution is -2.20. The van der Waals surface area contributed by atoms with E-state index in [1.54, 1.807) is 24.3 Å². The first-order valence-electron chi connectivity index (χ1n) is 11.4. The van der Waals surface area contributed by atoms with Crippen molar-refractivity contribution in [3.8, 4) is 11.1 Å². The van der Waals surface area contributed by atoms with E-state index < -0.39 is 29.3 Å². The van der Waals surface area contributed by atoms with Gasteiger partial charge in [-0.3, -0.25) is 0 Å².